The first-order chi connectivity index (χ1) is 15.7. The van der Waals surface area contributed by atoms with Gasteiger partial charge in [0.15, 0.2) is 11.5 Å². The summed E-state index contributed by atoms with van der Waals surface area (Å²) in [7, 11) is 3.39. The molecule has 162 valence electrons. The van der Waals surface area contributed by atoms with Crippen LogP contribution in [0.3, 0.4) is 0 Å². The lowest BCUT2D eigenvalue weighted by atomic mass is 9.97. The summed E-state index contributed by atoms with van der Waals surface area (Å²) in [5, 5.41) is 1.94. The summed E-state index contributed by atoms with van der Waals surface area (Å²) in [4.78, 5) is 19.5. The maximum Gasteiger partial charge on any atom is 0.254 e. The van der Waals surface area contributed by atoms with Crippen molar-refractivity contribution in [1.82, 2.24) is 9.88 Å². The second-order valence-corrected chi connectivity index (χ2v) is 7.99. The number of rotatable bonds is 8. The molecule has 0 aliphatic carbocycles. The molecule has 0 atom stereocenters. The maximum atomic E-state index is 13.5. The smallest absolute Gasteiger partial charge is 0.254 e. The third-order valence-corrected chi connectivity index (χ3v) is 5.84. The number of ether oxygens (including phenoxy) is 2. The molecule has 0 spiro atoms. The highest BCUT2D eigenvalue weighted by molar-refractivity contribution is 7.07. The van der Waals surface area contributed by atoms with Gasteiger partial charge in [0.25, 0.3) is 5.91 Å². The van der Waals surface area contributed by atoms with Crippen molar-refractivity contribution in [3.8, 4) is 11.5 Å². The number of hydrogen-bond donors (Lipinski definition) is 0. The standard InChI is InChI=1S/C26H24N2O3S/c1-28(25(19-9-5-3-6-10-19)20-11-7-4-8-12-20)26(29)21-13-14-23(24(15-21)30-2)31-16-22-17-32-18-27-22/h3-15,17-18,25H,16H2,1-2H3. The first-order valence-corrected chi connectivity index (χ1v) is 11.2. The van der Waals surface area contributed by atoms with Gasteiger partial charge in [-0.25, -0.2) is 4.98 Å². The number of carbonyl (C=O) groups is 1. The summed E-state index contributed by atoms with van der Waals surface area (Å²) in [6.45, 7) is 0.344. The summed E-state index contributed by atoms with van der Waals surface area (Å²) in [5.41, 5.74) is 5.24. The summed E-state index contributed by atoms with van der Waals surface area (Å²) in [5.74, 6) is 0.977. The van der Waals surface area contributed by atoms with E-state index in [4.69, 9.17) is 9.47 Å². The number of nitrogens with zero attached hydrogens (tertiary/aromatic N) is 2. The van der Waals surface area contributed by atoms with E-state index in [9.17, 15) is 4.79 Å². The molecule has 1 heterocycles. The molecule has 0 unspecified atom stereocenters. The number of methoxy groups -OCH3 is 1. The molecule has 0 fully saturated rings. The van der Waals surface area contributed by atoms with Gasteiger partial charge in [0.1, 0.15) is 6.61 Å². The number of carbonyl (C=O) groups excluding carboxylic acids is 1. The molecule has 1 aromatic heterocycles. The molecule has 5 nitrogen and oxygen atoms in total. The van der Waals surface area contributed by atoms with Crippen molar-refractivity contribution in [3.63, 3.8) is 0 Å². The van der Waals surface area contributed by atoms with Crippen LogP contribution in [0.4, 0.5) is 0 Å². The van der Waals surface area contributed by atoms with Gasteiger partial charge in [0.2, 0.25) is 0 Å². The predicted molar refractivity (Wildman–Crippen MR) is 126 cm³/mol. The number of amides is 1. The van der Waals surface area contributed by atoms with E-state index in [1.165, 1.54) is 11.3 Å². The van der Waals surface area contributed by atoms with Gasteiger partial charge in [-0.2, -0.15) is 0 Å². The minimum Gasteiger partial charge on any atom is -0.493 e. The van der Waals surface area contributed by atoms with Crippen LogP contribution in [0.15, 0.2) is 89.8 Å². The zero-order chi connectivity index (χ0) is 22.3. The lowest BCUT2D eigenvalue weighted by molar-refractivity contribution is 0.0754. The van der Waals surface area contributed by atoms with Crippen molar-refractivity contribution < 1.29 is 14.3 Å². The molecular weight excluding hydrogens is 420 g/mol. The van der Waals surface area contributed by atoms with Crippen molar-refractivity contribution >= 4 is 17.2 Å². The monoisotopic (exact) mass is 444 g/mol. The average molecular weight is 445 g/mol. The van der Waals surface area contributed by atoms with Crippen molar-refractivity contribution in [3.05, 3.63) is 112 Å². The molecule has 32 heavy (non-hydrogen) atoms. The van der Waals surface area contributed by atoms with Crippen LogP contribution >= 0.6 is 11.3 Å². The largest absolute Gasteiger partial charge is 0.493 e. The van der Waals surface area contributed by atoms with E-state index in [1.54, 1.807) is 35.7 Å². The van der Waals surface area contributed by atoms with Gasteiger partial charge >= 0.3 is 0 Å². The molecule has 0 N–H and O–H groups in total. The highest BCUT2D eigenvalue weighted by Crippen LogP contribution is 2.32. The second kappa shape index (κ2) is 10.1. The Bertz CT molecular complexity index is 1110. The summed E-state index contributed by atoms with van der Waals surface area (Å²) in [6.07, 6.45) is 0. The molecule has 0 aliphatic heterocycles. The normalized spacial score (nSPS) is 10.7. The SMILES string of the molecule is COc1cc(C(=O)N(C)C(c2ccccc2)c2ccccc2)ccc1OCc1cscn1. The van der Waals surface area contributed by atoms with Gasteiger partial charge in [0, 0.05) is 18.0 Å². The fourth-order valence-corrected chi connectivity index (χ4v) is 4.15. The lowest BCUT2D eigenvalue weighted by Crippen LogP contribution is -2.32. The first kappa shape index (κ1) is 21.6. The van der Waals surface area contributed by atoms with Crippen LogP contribution in [0.2, 0.25) is 0 Å². The van der Waals surface area contributed by atoms with Crippen molar-refractivity contribution in [2.24, 2.45) is 0 Å². The van der Waals surface area contributed by atoms with Gasteiger partial charge < -0.3 is 14.4 Å². The van der Waals surface area contributed by atoms with E-state index in [0.29, 0.717) is 23.7 Å². The predicted octanol–water partition coefficient (Wildman–Crippen LogP) is 5.59. The number of hydrogen-bond acceptors (Lipinski definition) is 5. The summed E-state index contributed by atoms with van der Waals surface area (Å²) in [6, 6.07) is 25.1. The van der Waals surface area contributed by atoms with E-state index in [2.05, 4.69) is 4.98 Å². The first-order valence-electron chi connectivity index (χ1n) is 10.2. The van der Waals surface area contributed by atoms with Crippen LogP contribution in [0.5, 0.6) is 11.5 Å². The Kier molecular flexibility index (Phi) is 6.82. The van der Waals surface area contributed by atoms with Crippen LogP contribution in [0, 0.1) is 0 Å². The molecule has 3 aromatic carbocycles. The fraction of sp³-hybridized carbons (Fsp3) is 0.154. The van der Waals surface area contributed by atoms with E-state index >= 15 is 0 Å². The van der Waals surface area contributed by atoms with E-state index in [1.807, 2.05) is 73.1 Å². The van der Waals surface area contributed by atoms with E-state index < -0.39 is 0 Å². The van der Waals surface area contributed by atoms with Crippen molar-refractivity contribution in [1.29, 1.82) is 0 Å². The van der Waals surface area contributed by atoms with Crippen LogP contribution < -0.4 is 9.47 Å². The highest BCUT2D eigenvalue weighted by Gasteiger charge is 2.25. The van der Waals surface area contributed by atoms with E-state index in [-0.39, 0.29) is 11.9 Å². The van der Waals surface area contributed by atoms with Gasteiger partial charge in [-0.1, -0.05) is 60.7 Å². The molecule has 0 bridgehead atoms. The molecule has 0 saturated heterocycles. The second-order valence-electron chi connectivity index (χ2n) is 7.27. The molecule has 6 heteroatoms. The van der Waals surface area contributed by atoms with Gasteiger partial charge in [-0.15, -0.1) is 11.3 Å². The highest BCUT2D eigenvalue weighted by atomic mass is 32.1. The topological polar surface area (TPSA) is 51.7 Å². The van der Waals surface area contributed by atoms with Gasteiger partial charge in [-0.3, -0.25) is 4.79 Å². The Morgan fingerprint density at radius 1 is 0.969 bits per heavy atom. The number of aromatic nitrogens is 1. The minimum absolute atomic E-state index is 0.105. The molecule has 4 aromatic rings. The third-order valence-electron chi connectivity index (χ3n) is 5.21. The Morgan fingerprint density at radius 2 is 1.62 bits per heavy atom. The maximum absolute atomic E-state index is 13.5. The van der Waals surface area contributed by atoms with Crippen LogP contribution in [0.1, 0.15) is 33.2 Å². The summed E-state index contributed by atoms with van der Waals surface area (Å²) < 4.78 is 11.4. The number of thiazole rings is 1. The van der Waals surface area contributed by atoms with Gasteiger partial charge in [0.05, 0.1) is 24.4 Å². The Hall–Kier alpha value is -3.64. The molecule has 0 saturated carbocycles. The van der Waals surface area contributed by atoms with Crippen LogP contribution in [-0.2, 0) is 6.61 Å². The molecule has 0 aliphatic rings. The molecular formula is C26H24N2O3S. The quantitative estimate of drug-likeness (QED) is 0.355. The van der Waals surface area contributed by atoms with Crippen LogP contribution in [0.25, 0.3) is 0 Å². The Balaban J connectivity index is 1.60. The van der Waals surface area contributed by atoms with Crippen molar-refractivity contribution in [2.75, 3.05) is 14.2 Å². The number of benzene rings is 3. The fourth-order valence-electron chi connectivity index (χ4n) is 3.61. The van der Waals surface area contributed by atoms with Crippen LogP contribution in [-0.4, -0.2) is 29.9 Å². The molecule has 0 radical (unpaired) electrons. The molecule has 4 rings (SSSR count). The van der Waals surface area contributed by atoms with E-state index in [0.717, 1.165) is 16.8 Å². The minimum atomic E-state index is -0.212. The third kappa shape index (κ3) is 4.81. The average Bonchev–Trinajstić information content (AvgIpc) is 3.37. The summed E-state index contributed by atoms with van der Waals surface area (Å²) >= 11 is 1.52. The zero-order valence-electron chi connectivity index (χ0n) is 18.0. The molecule has 1 amide bonds. The van der Waals surface area contributed by atoms with Crippen molar-refractivity contribution in [2.45, 2.75) is 12.6 Å². The zero-order valence-corrected chi connectivity index (χ0v) is 18.8. The Labute approximate surface area is 191 Å². The lowest BCUT2D eigenvalue weighted by Gasteiger charge is -2.29. The Morgan fingerprint density at radius 3 is 2.19 bits per heavy atom. The van der Waals surface area contributed by atoms with Gasteiger partial charge in [-0.05, 0) is 29.3 Å².